The van der Waals surface area contributed by atoms with Crippen molar-refractivity contribution >= 4 is 56.2 Å². The molecule has 0 heterocycles. The first-order chi connectivity index (χ1) is 19.1. The number of hydrogen-bond donors (Lipinski definition) is 0. The van der Waals surface area contributed by atoms with Gasteiger partial charge in [-0.05, 0) is 117 Å². The molecule has 0 amide bonds. The summed E-state index contributed by atoms with van der Waals surface area (Å²) >= 11 is 16.5. The van der Waals surface area contributed by atoms with E-state index in [-0.39, 0.29) is 10.8 Å². The van der Waals surface area contributed by atoms with Crippen LogP contribution < -0.4 is 4.90 Å². The Kier molecular flexibility index (Phi) is 5.81. The van der Waals surface area contributed by atoms with E-state index >= 15 is 0 Å². The van der Waals surface area contributed by atoms with Gasteiger partial charge in [-0.2, -0.15) is 0 Å². The molecule has 40 heavy (non-hydrogen) atoms. The second kappa shape index (κ2) is 8.98. The van der Waals surface area contributed by atoms with Crippen molar-refractivity contribution in [3.63, 3.8) is 0 Å². The summed E-state index contributed by atoms with van der Waals surface area (Å²) in [5.41, 5.74) is 13.3. The minimum Gasteiger partial charge on any atom is -0.310 e. The number of rotatable bonds is 3. The summed E-state index contributed by atoms with van der Waals surface area (Å²) in [7, 11) is 0. The monoisotopic (exact) mass is 623 g/mol. The molecular weight excluding hydrogens is 597 g/mol. The molecule has 4 heteroatoms. The van der Waals surface area contributed by atoms with Crippen molar-refractivity contribution in [2.45, 2.75) is 38.5 Å². The first-order valence-corrected chi connectivity index (χ1v) is 15.1. The Morgan fingerprint density at radius 3 is 1.25 bits per heavy atom. The number of hydrogen-bond acceptors (Lipinski definition) is 1. The Morgan fingerprint density at radius 2 is 0.825 bits per heavy atom. The van der Waals surface area contributed by atoms with Crippen molar-refractivity contribution in [1.29, 1.82) is 0 Å². The summed E-state index contributed by atoms with van der Waals surface area (Å²) in [6.45, 7) is 9.17. The van der Waals surface area contributed by atoms with E-state index in [9.17, 15) is 0 Å². The third-order valence-corrected chi connectivity index (χ3v) is 9.84. The molecule has 0 atom stereocenters. The lowest BCUT2D eigenvalue weighted by atomic mass is 9.82. The van der Waals surface area contributed by atoms with Crippen molar-refractivity contribution in [3.8, 4) is 22.3 Å². The highest BCUT2D eigenvalue weighted by Crippen LogP contribution is 2.53. The number of anilines is 3. The van der Waals surface area contributed by atoms with Crippen molar-refractivity contribution in [3.05, 3.63) is 134 Å². The van der Waals surface area contributed by atoms with Crippen LogP contribution in [0.25, 0.3) is 22.3 Å². The topological polar surface area (TPSA) is 3.24 Å². The van der Waals surface area contributed by atoms with E-state index in [0.29, 0.717) is 0 Å². The molecule has 0 fully saturated rings. The lowest BCUT2D eigenvalue weighted by molar-refractivity contribution is 0.660. The number of fused-ring (bicyclic) bond motifs is 6. The van der Waals surface area contributed by atoms with Gasteiger partial charge >= 0.3 is 0 Å². The summed E-state index contributed by atoms with van der Waals surface area (Å²) in [6.07, 6.45) is 0. The lowest BCUT2D eigenvalue weighted by Gasteiger charge is -2.29. The second-order valence-corrected chi connectivity index (χ2v) is 13.7. The maximum absolute atomic E-state index is 6.44. The minimum atomic E-state index is -0.155. The Bertz CT molecular complexity index is 1720. The van der Waals surface area contributed by atoms with Crippen LogP contribution in [0.4, 0.5) is 17.1 Å². The van der Waals surface area contributed by atoms with Crippen molar-refractivity contribution in [1.82, 2.24) is 0 Å². The molecule has 0 radical (unpaired) electrons. The van der Waals surface area contributed by atoms with Gasteiger partial charge in [-0.25, -0.2) is 0 Å². The van der Waals surface area contributed by atoms with Crippen LogP contribution >= 0.6 is 39.1 Å². The zero-order valence-electron chi connectivity index (χ0n) is 22.8. The second-order valence-electron chi connectivity index (χ2n) is 11.9. The average Bonchev–Trinajstić information content (AvgIpc) is 3.28. The average molecular weight is 625 g/mol. The van der Waals surface area contributed by atoms with Gasteiger partial charge in [-0.1, -0.05) is 91.1 Å². The first kappa shape index (κ1) is 25.9. The maximum Gasteiger partial charge on any atom is 0.0465 e. The number of halogens is 3. The van der Waals surface area contributed by atoms with Crippen LogP contribution in [0.15, 0.2) is 102 Å². The molecule has 0 bridgehead atoms. The first-order valence-electron chi connectivity index (χ1n) is 13.5. The van der Waals surface area contributed by atoms with Gasteiger partial charge in [0.2, 0.25) is 0 Å². The zero-order chi connectivity index (χ0) is 28.0. The predicted molar refractivity (Wildman–Crippen MR) is 174 cm³/mol. The molecule has 0 aromatic heterocycles. The van der Waals surface area contributed by atoms with Gasteiger partial charge in [0, 0.05) is 42.4 Å². The molecule has 5 aromatic carbocycles. The standard InChI is InChI=1S/C36H28BrCl2N/c1-35(2)31-17-22(38)7-13-27(31)29-15-11-25(19-33(29)35)40(24-9-5-21(37)6-10-24)26-12-16-30-28-14-8-23(39)18-32(28)36(3,4)34(30)20-26/h5-20H,1-4H3. The van der Waals surface area contributed by atoms with Gasteiger partial charge in [0.1, 0.15) is 0 Å². The number of nitrogens with zero attached hydrogens (tertiary/aromatic N) is 1. The summed E-state index contributed by atoms with van der Waals surface area (Å²) in [5, 5.41) is 1.55. The molecule has 1 nitrogen and oxygen atoms in total. The fourth-order valence-electron chi connectivity index (χ4n) is 6.71. The van der Waals surface area contributed by atoms with Gasteiger partial charge in [0.25, 0.3) is 0 Å². The molecule has 0 spiro atoms. The third kappa shape index (κ3) is 3.80. The van der Waals surface area contributed by atoms with Gasteiger partial charge in [-0.3, -0.25) is 0 Å². The molecule has 0 aliphatic heterocycles. The van der Waals surface area contributed by atoms with Crippen LogP contribution in [-0.4, -0.2) is 0 Å². The normalized spacial score (nSPS) is 15.3. The molecule has 0 saturated carbocycles. The van der Waals surface area contributed by atoms with Gasteiger partial charge in [0.05, 0.1) is 0 Å². The van der Waals surface area contributed by atoms with Crippen LogP contribution in [0.2, 0.25) is 10.0 Å². The van der Waals surface area contributed by atoms with Gasteiger partial charge in [0.15, 0.2) is 0 Å². The van der Waals surface area contributed by atoms with Crippen molar-refractivity contribution in [2.75, 3.05) is 4.90 Å². The maximum atomic E-state index is 6.44. The molecular formula is C36H28BrCl2N. The largest absolute Gasteiger partial charge is 0.310 e. The highest BCUT2D eigenvalue weighted by atomic mass is 79.9. The van der Waals surface area contributed by atoms with E-state index in [1.165, 1.54) is 44.5 Å². The highest BCUT2D eigenvalue weighted by molar-refractivity contribution is 9.10. The molecule has 2 aliphatic rings. The summed E-state index contributed by atoms with van der Waals surface area (Å²) in [6, 6.07) is 34.8. The third-order valence-electron chi connectivity index (χ3n) is 8.84. The van der Waals surface area contributed by atoms with E-state index in [4.69, 9.17) is 23.2 Å². The molecule has 7 rings (SSSR count). The molecule has 198 valence electrons. The van der Waals surface area contributed by atoms with E-state index in [1.807, 2.05) is 12.1 Å². The van der Waals surface area contributed by atoms with E-state index in [1.54, 1.807) is 0 Å². The fourth-order valence-corrected chi connectivity index (χ4v) is 7.32. The predicted octanol–water partition coefficient (Wildman–Crippen LogP) is 11.8. The smallest absolute Gasteiger partial charge is 0.0465 e. The lowest BCUT2D eigenvalue weighted by Crippen LogP contribution is -2.18. The Morgan fingerprint density at radius 1 is 0.475 bits per heavy atom. The Balaban J connectivity index is 1.41. The van der Waals surface area contributed by atoms with Crippen LogP contribution in [0.5, 0.6) is 0 Å². The van der Waals surface area contributed by atoms with Crippen LogP contribution in [0.1, 0.15) is 49.9 Å². The SMILES string of the molecule is CC1(C)c2cc(Cl)ccc2-c2ccc(N(c3ccc(Br)cc3)c3ccc4c(c3)C(C)(C)c3cc(Cl)ccc3-4)cc21. The molecule has 0 unspecified atom stereocenters. The molecule has 5 aromatic rings. The molecule has 0 N–H and O–H groups in total. The summed E-state index contributed by atoms with van der Waals surface area (Å²) in [5.74, 6) is 0. The van der Waals surface area contributed by atoms with Crippen molar-refractivity contribution in [2.24, 2.45) is 0 Å². The minimum absolute atomic E-state index is 0.155. The summed E-state index contributed by atoms with van der Waals surface area (Å²) in [4.78, 5) is 2.37. The van der Waals surface area contributed by atoms with Crippen LogP contribution in [0.3, 0.4) is 0 Å². The van der Waals surface area contributed by atoms with Crippen LogP contribution in [-0.2, 0) is 10.8 Å². The zero-order valence-corrected chi connectivity index (χ0v) is 25.9. The van der Waals surface area contributed by atoms with E-state index < -0.39 is 0 Å². The molecule has 2 aliphatic carbocycles. The highest BCUT2D eigenvalue weighted by Gasteiger charge is 2.38. The Labute approximate surface area is 254 Å². The van der Waals surface area contributed by atoms with Crippen molar-refractivity contribution < 1.29 is 0 Å². The van der Waals surface area contributed by atoms with E-state index in [2.05, 4.69) is 133 Å². The summed E-state index contributed by atoms with van der Waals surface area (Å²) < 4.78 is 1.06. The molecule has 0 saturated heterocycles. The number of benzene rings is 5. The van der Waals surface area contributed by atoms with Crippen LogP contribution in [0, 0.1) is 0 Å². The van der Waals surface area contributed by atoms with Gasteiger partial charge in [-0.15, -0.1) is 0 Å². The van der Waals surface area contributed by atoms with E-state index in [0.717, 1.165) is 31.6 Å². The fraction of sp³-hybridized carbons (Fsp3) is 0.167. The Hall–Kier alpha value is -3.04. The quantitative estimate of drug-likeness (QED) is 0.193. The van der Waals surface area contributed by atoms with Gasteiger partial charge < -0.3 is 4.90 Å².